The summed E-state index contributed by atoms with van der Waals surface area (Å²) in [6.07, 6.45) is 4.16. The van der Waals surface area contributed by atoms with Crippen LogP contribution < -0.4 is 5.73 Å². The highest BCUT2D eigenvalue weighted by Crippen LogP contribution is 2.25. The Kier molecular flexibility index (Phi) is 6.91. The normalized spacial score (nSPS) is 23.9. The fourth-order valence-electron chi connectivity index (χ4n) is 2.68. The summed E-state index contributed by atoms with van der Waals surface area (Å²) < 4.78 is 26.4. The number of carboxylic acids is 1. The third kappa shape index (κ3) is 5.38. The minimum atomic E-state index is -3.37. The number of sulfonamides is 1. The van der Waals surface area contributed by atoms with E-state index in [1.165, 1.54) is 0 Å². The van der Waals surface area contributed by atoms with E-state index in [9.17, 15) is 13.2 Å². The van der Waals surface area contributed by atoms with Crippen LogP contribution >= 0.6 is 0 Å². The first-order chi connectivity index (χ1) is 9.36. The SMILES string of the molecule is CCCN(C1CCC(N)CC1)S(=O)(=O)CCCC(=O)O. The number of nitrogens with zero attached hydrogens (tertiary/aromatic N) is 1. The van der Waals surface area contributed by atoms with Crippen molar-refractivity contribution in [1.29, 1.82) is 0 Å². The maximum Gasteiger partial charge on any atom is 0.303 e. The van der Waals surface area contributed by atoms with Crippen molar-refractivity contribution in [2.24, 2.45) is 5.73 Å². The zero-order chi connectivity index (χ0) is 15.2. The Bertz CT molecular complexity index is 403. The van der Waals surface area contributed by atoms with E-state index in [0.717, 1.165) is 32.1 Å². The van der Waals surface area contributed by atoms with E-state index in [2.05, 4.69) is 0 Å². The Morgan fingerprint density at radius 1 is 1.30 bits per heavy atom. The van der Waals surface area contributed by atoms with Crippen molar-refractivity contribution < 1.29 is 18.3 Å². The standard InChI is InChI=1S/C13H26N2O4S/c1-2-9-15(12-7-5-11(14)6-8-12)20(18,19)10-3-4-13(16)17/h11-12H,2-10,14H2,1H3,(H,16,17). The first kappa shape index (κ1) is 17.4. The summed E-state index contributed by atoms with van der Waals surface area (Å²) in [7, 11) is -3.37. The molecule has 0 unspecified atom stereocenters. The van der Waals surface area contributed by atoms with E-state index in [0.29, 0.717) is 6.54 Å². The second-order valence-corrected chi connectivity index (χ2v) is 7.53. The van der Waals surface area contributed by atoms with Gasteiger partial charge in [-0.3, -0.25) is 4.79 Å². The Morgan fingerprint density at radius 3 is 2.40 bits per heavy atom. The Morgan fingerprint density at radius 2 is 1.90 bits per heavy atom. The predicted octanol–water partition coefficient (Wildman–Crippen LogP) is 1.16. The monoisotopic (exact) mass is 306 g/mol. The maximum absolute atomic E-state index is 12.4. The van der Waals surface area contributed by atoms with E-state index < -0.39 is 16.0 Å². The highest BCUT2D eigenvalue weighted by atomic mass is 32.2. The molecule has 6 nitrogen and oxygen atoms in total. The first-order valence-electron chi connectivity index (χ1n) is 7.33. The molecule has 3 N–H and O–H groups in total. The minimum Gasteiger partial charge on any atom is -0.481 e. The van der Waals surface area contributed by atoms with Crippen LogP contribution in [-0.2, 0) is 14.8 Å². The summed E-state index contributed by atoms with van der Waals surface area (Å²) in [5, 5.41) is 8.61. The lowest BCUT2D eigenvalue weighted by molar-refractivity contribution is -0.137. The van der Waals surface area contributed by atoms with Crippen molar-refractivity contribution >= 4 is 16.0 Å². The smallest absolute Gasteiger partial charge is 0.303 e. The number of hydrogen-bond donors (Lipinski definition) is 2. The molecule has 0 saturated heterocycles. The van der Waals surface area contributed by atoms with Gasteiger partial charge in [0, 0.05) is 25.0 Å². The molecule has 1 fully saturated rings. The zero-order valence-corrected chi connectivity index (χ0v) is 12.9. The second-order valence-electron chi connectivity index (χ2n) is 5.49. The molecule has 118 valence electrons. The van der Waals surface area contributed by atoms with Crippen molar-refractivity contribution in [2.45, 2.75) is 64.0 Å². The highest BCUT2D eigenvalue weighted by Gasteiger charge is 2.31. The molecule has 0 heterocycles. The minimum absolute atomic E-state index is 0.0320. The molecule has 1 saturated carbocycles. The van der Waals surface area contributed by atoms with Crippen molar-refractivity contribution in [1.82, 2.24) is 4.31 Å². The van der Waals surface area contributed by atoms with Crippen LogP contribution in [-0.4, -0.2) is 48.2 Å². The molecular weight excluding hydrogens is 280 g/mol. The van der Waals surface area contributed by atoms with Gasteiger partial charge in [-0.1, -0.05) is 6.92 Å². The van der Waals surface area contributed by atoms with Gasteiger partial charge in [-0.25, -0.2) is 8.42 Å². The van der Waals surface area contributed by atoms with E-state index in [-0.39, 0.29) is 30.7 Å². The highest BCUT2D eigenvalue weighted by molar-refractivity contribution is 7.89. The van der Waals surface area contributed by atoms with Crippen LogP contribution in [0.4, 0.5) is 0 Å². The molecule has 20 heavy (non-hydrogen) atoms. The van der Waals surface area contributed by atoms with Crippen LogP contribution in [0.3, 0.4) is 0 Å². The van der Waals surface area contributed by atoms with Gasteiger partial charge in [0.25, 0.3) is 0 Å². The number of carbonyl (C=O) groups is 1. The summed E-state index contributed by atoms with van der Waals surface area (Å²) >= 11 is 0. The van der Waals surface area contributed by atoms with Gasteiger partial charge < -0.3 is 10.8 Å². The molecule has 0 radical (unpaired) electrons. The van der Waals surface area contributed by atoms with Gasteiger partial charge in [-0.2, -0.15) is 4.31 Å². The Labute approximate surface area is 121 Å². The molecule has 1 rings (SSSR count). The van der Waals surface area contributed by atoms with Crippen molar-refractivity contribution in [3.05, 3.63) is 0 Å². The average molecular weight is 306 g/mol. The third-order valence-corrected chi connectivity index (χ3v) is 5.74. The summed E-state index contributed by atoms with van der Waals surface area (Å²) in [4.78, 5) is 10.5. The molecule has 0 spiro atoms. The molecule has 0 bridgehead atoms. The number of hydrogen-bond acceptors (Lipinski definition) is 4. The molecule has 0 aromatic heterocycles. The second kappa shape index (κ2) is 7.95. The van der Waals surface area contributed by atoms with E-state index in [1.54, 1.807) is 4.31 Å². The summed E-state index contributed by atoms with van der Waals surface area (Å²) in [5.74, 6) is -1.03. The molecule has 1 aliphatic carbocycles. The van der Waals surface area contributed by atoms with Crippen LogP contribution in [0.15, 0.2) is 0 Å². The van der Waals surface area contributed by atoms with Crippen LogP contribution in [0.2, 0.25) is 0 Å². The van der Waals surface area contributed by atoms with Crippen LogP contribution in [0.1, 0.15) is 51.9 Å². The molecule has 0 amide bonds. The quantitative estimate of drug-likeness (QED) is 0.701. The molecule has 1 aliphatic rings. The third-order valence-electron chi connectivity index (χ3n) is 3.74. The van der Waals surface area contributed by atoms with Gasteiger partial charge in [0.2, 0.25) is 10.0 Å². The number of carboxylic acid groups (broad SMARTS) is 1. The Balaban J connectivity index is 2.65. The van der Waals surface area contributed by atoms with Crippen LogP contribution in [0.25, 0.3) is 0 Å². The molecule has 0 aromatic carbocycles. The molecular formula is C13H26N2O4S. The lowest BCUT2D eigenvalue weighted by Crippen LogP contribution is -2.45. The van der Waals surface area contributed by atoms with Crippen LogP contribution in [0, 0.1) is 0 Å². The van der Waals surface area contributed by atoms with E-state index in [1.807, 2.05) is 6.92 Å². The molecule has 0 aliphatic heterocycles. The lowest BCUT2D eigenvalue weighted by Gasteiger charge is -2.35. The van der Waals surface area contributed by atoms with E-state index in [4.69, 9.17) is 10.8 Å². The van der Waals surface area contributed by atoms with Gasteiger partial charge in [0.15, 0.2) is 0 Å². The van der Waals surface area contributed by atoms with E-state index >= 15 is 0 Å². The van der Waals surface area contributed by atoms with Gasteiger partial charge in [-0.15, -0.1) is 0 Å². The largest absolute Gasteiger partial charge is 0.481 e. The number of aliphatic carboxylic acids is 1. The molecule has 0 atom stereocenters. The van der Waals surface area contributed by atoms with Crippen LogP contribution in [0.5, 0.6) is 0 Å². The van der Waals surface area contributed by atoms with Gasteiger partial charge in [0.05, 0.1) is 5.75 Å². The van der Waals surface area contributed by atoms with Crippen molar-refractivity contribution in [3.63, 3.8) is 0 Å². The molecule has 0 aromatic rings. The number of nitrogens with two attached hydrogens (primary N) is 1. The number of rotatable bonds is 8. The van der Waals surface area contributed by atoms with Gasteiger partial charge in [-0.05, 0) is 38.5 Å². The van der Waals surface area contributed by atoms with Crippen molar-refractivity contribution in [2.75, 3.05) is 12.3 Å². The molecule has 7 heteroatoms. The van der Waals surface area contributed by atoms with Gasteiger partial charge in [0.1, 0.15) is 0 Å². The predicted molar refractivity (Wildman–Crippen MR) is 77.9 cm³/mol. The fraction of sp³-hybridized carbons (Fsp3) is 0.923. The topological polar surface area (TPSA) is 101 Å². The lowest BCUT2D eigenvalue weighted by atomic mass is 9.92. The zero-order valence-electron chi connectivity index (χ0n) is 12.1. The summed E-state index contributed by atoms with van der Waals surface area (Å²) in [5.41, 5.74) is 5.86. The van der Waals surface area contributed by atoms with Crippen molar-refractivity contribution in [3.8, 4) is 0 Å². The fourth-order valence-corrected chi connectivity index (χ4v) is 4.55. The summed E-state index contributed by atoms with van der Waals surface area (Å²) in [6, 6.07) is 0.217. The van der Waals surface area contributed by atoms with Gasteiger partial charge >= 0.3 is 5.97 Å². The maximum atomic E-state index is 12.4. The summed E-state index contributed by atoms with van der Waals surface area (Å²) in [6.45, 7) is 2.46. The Hall–Kier alpha value is -0.660. The first-order valence-corrected chi connectivity index (χ1v) is 8.94. The average Bonchev–Trinajstić information content (AvgIpc) is 2.36.